The Hall–Kier alpha value is -1.68. The van der Waals surface area contributed by atoms with Gasteiger partial charge in [0, 0.05) is 4.88 Å². The fourth-order valence-electron chi connectivity index (χ4n) is 1.46. The predicted octanol–water partition coefficient (Wildman–Crippen LogP) is 2.53. The maximum Gasteiger partial charge on any atom is 0.250 e. The molecule has 104 valence electrons. The molecule has 0 aliphatic rings. The maximum absolute atomic E-state index is 13.3. The number of sulfonamides is 1. The van der Waals surface area contributed by atoms with E-state index in [1.807, 2.05) is 6.92 Å². The Kier molecular flexibility index (Phi) is 4.55. The summed E-state index contributed by atoms with van der Waals surface area (Å²) in [5.74, 6) is 4.77. The lowest BCUT2D eigenvalue weighted by Crippen LogP contribution is -2.23. The standard InChI is InChI=1S/C14H12FNO2S2/c1-11-8-9-14(19-11)20(17,18)16-10-4-6-12-5-2-3-7-13(12)15/h2-3,5,7-9,16H,10H2,1H3. The van der Waals surface area contributed by atoms with Crippen LogP contribution >= 0.6 is 11.3 Å². The fourth-order valence-corrected chi connectivity index (χ4v) is 3.71. The van der Waals surface area contributed by atoms with Crippen molar-refractivity contribution >= 4 is 21.4 Å². The highest BCUT2D eigenvalue weighted by Gasteiger charge is 2.14. The van der Waals surface area contributed by atoms with E-state index in [0.29, 0.717) is 0 Å². The van der Waals surface area contributed by atoms with Crippen LogP contribution in [-0.2, 0) is 10.0 Å². The van der Waals surface area contributed by atoms with E-state index in [2.05, 4.69) is 16.6 Å². The summed E-state index contributed by atoms with van der Waals surface area (Å²) < 4.78 is 39.7. The molecule has 0 amide bonds. The summed E-state index contributed by atoms with van der Waals surface area (Å²) in [7, 11) is -3.53. The summed E-state index contributed by atoms with van der Waals surface area (Å²) >= 11 is 1.19. The summed E-state index contributed by atoms with van der Waals surface area (Å²) in [5, 5.41) is 0. The Labute approximate surface area is 121 Å². The molecule has 6 heteroatoms. The van der Waals surface area contributed by atoms with Gasteiger partial charge in [-0.25, -0.2) is 12.8 Å². The molecular weight excluding hydrogens is 297 g/mol. The molecular formula is C14H12FNO2S2. The van der Waals surface area contributed by atoms with Crippen LogP contribution in [0.4, 0.5) is 4.39 Å². The van der Waals surface area contributed by atoms with Gasteiger partial charge < -0.3 is 0 Å². The Bertz CT molecular complexity index is 770. The normalized spacial score (nSPS) is 10.9. The predicted molar refractivity (Wildman–Crippen MR) is 77.5 cm³/mol. The smallest absolute Gasteiger partial charge is 0.206 e. The van der Waals surface area contributed by atoms with E-state index in [9.17, 15) is 12.8 Å². The summed E-state index contributed by atoms with van der Waals surface area (Å²) in [4.78, 5) is 0.919. The lowest BCUT2D eigenvalue weighted by Gasteiger charge is -1.99. The van der Waals surface area contributed by atoms with Crippen molar-refractivity contribution in [1.29, 1.82) is 0 Å². The molecule has 1 aromatic heterocycles. The van der Waals surface area contributed by atoms with Crippen molar-refractivity contribution in [3.63, 3.8) is 0 Å². The highest BCUT2D eigenvalue weighted by Crippen LogP contribution is 2.19. The van der Waals surface area contributed by atoms with E-state index >= 15 is 0 Å². The number of benzene rings is 1. The van der Waals surface area contributed by atoms with Crippen LogP contribution in [0.2, 0.25) is 0 Å². The molecule has 1 N–H and O–H groups in total. The summed E-state index contributed by atoms with van der Waals surface area (Å²) in [6, 6.07) is 9.38. The summed E-state index contributed by atoms with van der Waals surface area (Å²) in [5.41, 5.74) is 0.249. The van der Waals surface area contributed by atoms with Gasteiger partial charge in [-0.05, 0) is 31.2 Å². The molecule has 3 nitrogen and oxygen atoms in total. The van der Waals surface area contributed by atoms with Crippen molar-refractivity contribution in [2.75, 3.05) is 6.54 Å². The number of aryl methyl sites for hydroxylation is 1. The Morgan fingerprint density at radius 3 is 2.65 bits per heavy atom. The third-order valence-corrected chi connectivity index (χ3v) is 5.32. The molecule has 0 aliphatic heterocycles. The first-order valence-corrected chi connectivity index (χ1v) is 8.08. The van der Waals surface area contributed by atoms with Gasteiger partial charge in [0.1, 0.15) is 10.0 Å². The Morgan fingerprint density at radius 2 is 2.00 bits per heavy atom. The number of rotatable bonds is 3. The van der Waals surface area contributed by atoms with Crippen LogP contribution in [0.1, 0.15) is 10.4 Å². The molecule has 0 bridgehead atoms. The van der Waals surface area contributed by atoms with Crippen molar-refractivity contribution in [2.24, 2.45) is 0 Å². The van der Waals surface area contributed by atoms with E-state index in [4.69, 9.17) is 0 Å². The molecule has 0 fully saturated rings. The van der Waals surface area contributed by atoms with E-state index in [-0.39, 0.29) is 16.3 Å². The molecule has 0 atom stereocenters. The molecule has 0 spiro atoms. The van der Waals surface area contributed by atoms with Crippen LogP contribution in [0, 0.1) is 24.6 Å². The minimum Gasteiger partial charge on any atom is -0.206 e. The molecule has 2 rings (SSSR count). The number of thiophene rings is 1. The first kappa shape index (κ1) is 14.7. The largest absolute Gasteiger partial charge is 0.250 e. The van der Waals surface area contributed by atoms with E-state index < -0.39 is 15.8 Å². The monoisotopic (exact) mass is 309 g/mol. The third-order valence-electron chi connectivity index (χ3n) is 2.43. The third kappa shape index (κ3) is 3.67. The first-order chi connectivity index (χ1) is 9.49. The summed E-state index contributed by atoms with van der Waals surface area (Å²) in [6.07, 6.45) is 0. The van der Waals surface area contributed by atoms with Gasteiger partial charge in [0.25, 0.3) is 10.0 Å². The van der Waals surface area contributed by atoms with Gasteiger partial charge in [0.05, 0.1) is 12.1 Å². The second kappa shape index (κ2) is 6.18. The molecule has 0 unspecified atom stereocenters. The van der Waals surface area contributed by atoms with Crippen LogP contribution in [-0.4, -0.2) is 15.0 Å². The van der Waals surface area contributed by atoms with E-state index in [1.165, 1.54) is 17.4 Å². The number of halogens is 1. The van der Waals surface area contributed by atoms with Gasteiger partial charge in [-0.15, -0.1) is 11.3 Å². The van der Waals surface area contributed by atoms with Crippen molar-refractivity contribution in [1.82, 2.24) is 4.72 Å². The van der Waals surface area contributed by atoms with Crippen LogP contribution in [0.5, 0.6) is 0 Å². The average Bonchev–Trinajstić information content (AvgIpc) is 2.84. The van der Waals surface area contributed by atoms with Gasteiger partial charge in [0.2, 0.25) is 0 Å². The Balaban J connectivity index is 2.02. The molecule has 0 saturated heterocycles. The average molecular weight is 309 g/mol. The Morgan fingerprint density at radius 1 is 1.25 bits per heavy atom. The van der Waals surface area contributed by atoms with Gasteiger partial charge in [0.15, 0.2) is 0 Å². The van der Waals surface area contributed by atoms with E-state index in [1.54, 1.807) is 30.3 Å². The van der Waals surface area contributed by atoms with Gasteiger partial charge >= 0.3 is 0 Å². The minimum absolute atomic E-state index is 0.0619. The maximum atomic E-state index is 13.3. The van der Waals surface area contributed by atoms with Crippen molar-refractivity contribution < 1.29 is 12.8 Å². The second-order valence-corrected chi connectivity index (χ2v) is 7.25. The van der Waals surface area contributed by atoms with E-state index in [0.717, 1.165) is 4.88 Å². The lowest BCUT2D eigenvalue weighted by molar-refractivity contribution is 0.588. The van der Waals surface area contributed by atoms with Crippen LogP contribution < -0.4 is 4.72 Å². The lowest BCUT2D eigenvalue weighted by atomic mass is 10.2. The zero-order valence-electron chi connectivity index (χ0n) is 10.7. The molecule has 2 aromatic rings. The van der Waals surface area contributed by atoms with Crippen molar-refractivity contribution in [3.8, 4) is 11.8 Å². The first-order valence-electron chi connectivity index (χ1n) is 5.78. The highest BCUT2D eigenvalue weighted by molar-refractivity contribution is 7.91. The van der Waals surface area contributed by atoms with Crippen molar-refractivity contribution in [2.45, 2.75) is 11.1 Å². The number of hydrogen-bond acceptors (Lipinski definition) is 3. The molecule has 1 aromatic carbocycles. The van der Waals surface area contributed by atoms with Crippen LogP contribution in [0.3, 0.4) is 0 Å². The summed E-state index contributed by atoms with van der Waals surface area (Å²) in [6.45, 7) is 1.77. The molecule has 0 aliphatic carbocycles. The molecule has 20 heavy (non-hydrogen) atoms. The van der Waals surface area contributed by atoms with Gasteiger partial charge in [-0.3, -0.25) is 0 Å². The SMILES string of the molecule is Cc1ccc(S(=O)(=O)NCC#Cc2ccccc2F)s1. The molecule has 1 heterocycles. The highest BCUT2D eigenvalue weighted by atomic mass is 32.2. The van der Waals surface area contributed by atoms with Crippen LogP contribution in [0.15, 0.2) is 40.6 Å². The quantitative estimate of drug-likeness (QED) is 0.886. The number of nitrogens with one attached hydrogen (secondary N) is 1. The molecule has 0 saturated carbocycles. The van der Waals surface area contributed by atoms with Gasteiger partial charge in [-0.1, -0.05) is 24.0 Å². The second-order valence-electron chi connectivity index (χ2n) is 3.97. The van der Waals surface area contributed by atoms with Crippen molar-refractivity contribution in [3.05, 3.63) is 52.7 Å². The minimum atomic E-state index is -3.53. The number of hydrogen-bond donors (Lipinski definition) is 1. The fraction of sp³-hybridized carbons (Fsp3) is 0.143. The molecule has 0 radical (unpaired) electrons. The topological polar surface area (TPSA) is 46.2 Å². The van der Waals surface area contributed by atoms with Crippen LogP contribution in [0.25, 0.3) is 0 Å². The zero-order valence-corrected chi connectivity index (χ0v) is 12.3. The zero-order chi connectivity index (χ0) is 14.6. The van der Waals surface area contributed by atoms with Gasteiger partial charge in [-0.2, -0.15) is 4.72 Å².